The van der Waals surface area contributed by atoms with Gasteiger partial charge in [0.25, 0.3) is 0 Å². The Kier molecular flexibility index (Phi) is 13.2. The molecular weight excluding hydrogens is 1290 g/mol. The molecule has 0 saturated heterocycles. The third-order valence-electron chi connectivity index (χ3n) is 21.4. The topological polar surface area (TPSA) is 104 Å². The lowest BCUT2D eigenvalue weighted by Crippen LogP contribution is -1.97. The molecule has 0 aliphatic carbocycles. The average Bonchev–Trinajstić information content (AvgIpc) is 0.990. The van der Waals surface area contributed by atoms with Gasteiger partial charge in [-0.1, -0.05) is 273 Å². The van der Waals surface area contributed by atoms with Crippen molar-refractivity contribution in [2.45, 2.75) is 0 Å². The normalized spacial score (nSPS) is 12.0. The van der Waals surface area contributed by atoms with Crippen LogP contribution in [0.25, 0.3) is 232 Å². The van der Waals surface area contributed by atoms with E-state index in [0.717, 1.165) is 220 Å². The van der Waals surface area contributed by atoms with Crippen molar-refractivity contribution >= 4 is 131 Å². The van der Waals surface area contributed by atoms with Crippen LogP contribution in [0.3, 0.4) is 0 Å². The fourth-order valence-corrected chi connectivity index (χ4v) is 16.3. The number of nitrogens with zero attached hydrogens (tertiary/aromatic N) is 6. The number of hydrogen-bond donors (Lipinski definition) is 0. The smallest absolute Gasteiger partial charge is 0.160 e. The molecule has 0 bridgehead atoms. The van der Waals surface area contributed by atoms with E-state index in [0.29, 0.717) is 11.6 Å². The number of hydrogen-bond acceptors (Lipinski definition) is 8. The second-order valence-electron chi connectivity index (χ2n) is 27.6. The molecule has 0 amide bonds. The van der Waals surface area contributed by atoms with Crippen molar-refractivity contribution in [1.82, 2.24) is 29.9 Å². The van der Waals surface area contributed by atoms with Gasteiger partial charge in [0.05, 0.1) is 44.8 Å². The van der Waals surface area contributed by atoms with E-state index in [-0.39, 0.29) is 0 Å². The first-order valence-corrected chi connectivity index (χ1v) is 35.8. The van der Waals surface area contributed by atoms with Gasteiger partial charge in [0.15, 0.2) is 11.6 Å². The van der Waals surface area contributed by atoms with Crippen LogP contribution in [0.4, 0.5) is 0 Å². The van der Waals surface area contributed by atoms with E-state index < -0.39 is 0 Å². The zero-order chi connectivity index (χ0) is 69.5. The van der Waals surface area contributed by atoms with Crippen LogP contribution < -0.4 is 0 Å². The van der Waals surface area contributed by atoms with Crippen molar-refractivity contribution in [3.8, 4) is 101 Å². The Morgan fingerprint density at radius 3 is 0.981 bits per heavy atom. The van der Waals surface area contributed by atoms with Crippen LogP contribution >= 0.6 is 0 Å². The van der Waals surface area contributed by atoms with Crippen LogP contribution in [0, 0.1) is 0 Å². The van der Waals surface area contributed by atoms with E-state index in [1.165, 1.54) is 0 Å². The van der Waals surface area contributed by atoms with E-state index in [1.54, 1.807) is 0 Å². The highest BCUT2D eigenvalue weighted by atomic mass is 16.3. The zero-order valence-electron chi connectivity index (χ0n) is 56.8. The summed E-state index contributed by atoms with van der Waals surface area (Å²) < 4.78 is 12.8. The van der Waals surface area contributed by atoms with E-state index in [4.69, 9.17) is 38.7 Å². The summed E-state index contributed by atoms with van der Waals surface area (Å²) in [5, 5.41) is 17.5. The number of rotatable bonds is 9. The second-order valence-corrected chi connectivity index (χ2v) is 27.6. The third-order valence-corrected chi connectivity index (χ3v) is 21.4. The van der Waals surface area contributed by atoms with Crippen molar-refractivity contribution in [2.75, 3.05) is 0 Å². The van der Waals surface area contributed by atoms with Gasteiger partial charge in [-0.3, -0.25) is 0 Å². The van der Waals surface area contributed by atoms with Crippen molar-refractivity contribution in [3.63, 3.8) is 0 Å². The molecule has 0 saturated carbocycles. The summed E-state index contributed by atoms with van der Waals surface area (Å²) in [6, 6.07) is 120. The molecule has 0 unspecified atom stereocenters. The molecule has 16 aromatic carbocycles. The van der Waals surface area contributed by atoms with E-state index >= 15 is 0 Å². The zero-order valence-corrected chi connectivity index (χ0v) is 56.8. The molecule has 0 atom stereocenters. The molecule has 8 heteroatoms. The molecule has 0 radical (unpaired) electrons. The van der Waals surface area contributed by atoms with Crippen molar-refractivity contribution < 1.29 is 8.83 Å². The van der Waals surface area contributed by atoms with Crippen molar-refractivity contribution in [1.29, 1.82) is 0 Å². The fourth-order valence-electron chi connectivity index (χ4n) is 16.3. The Morgan fingerprint density at radius 2 is 0.491 bits per heavy atom. The molecule has 8 nitrogen and oxygen atoms in total. The monoisotopic (exact) mass is 1350 g/mol. The minimum absolute atomic E-state index is 0.629. The van der Waals surface area contributed by atoms with Gasteiger partial charge >= 0.3 is 0 Å². The highest BCUT2D eigenvalue weighted by molar-refractivity contribution is 6.24. The van der Waals surface area contributed by atoms with Gasteiger partial charge in [0, 0.05) is 109 Å². The molecule has 106 heavy (non-hydrogen) atoms. The Hall–Kier alpha value is -14.3. The maximum atomic E-state index is 6.40. The molecule has 22 aromatic rings. The van der Waals surface area contributed by atoms with Crippen LogP contribution in [0.5, 0.6) is 0 Å². The molecule has 0 aliphatic rings. The van der Waals surface area contributed by atoms with Crippen molar-refractivity contribution in [2.24, 2.45) is 0 Å². The number of para-hydroxylation sites is 2. The lowest BCUT2D eigenvalue weighted by Gasteiger charge is -2.16. The molecule has 0 aliphatic heterocycles. The van der Waals surface area contributed by atoms with Crippen molar-refractivity contribution in [3.05, 3.63) is 340 Å². The second kappa shape index (κ2) is 23.6. The van der Waals surface area contributed by atoms with Crippen LogP contribution in [-0.2, 0) is 0 Å². The molecule has 0 N–H and O–H groups in total. The van der Waals surface area contributed by atoms with E-state index in [1.807, 2.05) is 54.6 Å². The predicted molar refractivity (Wildman–Crippen MR) is 437 cm³/mol. The first-order chi connectivity index (χ1) is 52.5. The van der Waals surface area contributed by atoms with E-state index in [2.05, 4.69) is 285 Å². The number of furan rings is 2. The van der Waals surface area contributed by atoms with Crippen LogP contribution in [0.1, 0.15) is 0 Å². The summed E-state index contributed by atoms with van der Waals surface area (Å²) in [4.78, 5) is 32.5. The summed E-state index contributed by atoms with van der Waals surface area (Å²) in [6.07, 6.45) is 0. The summed E-state index contributed by atoms with van der Waals surface area (Å²) >= 11 is 0. The average molecular weight is 1350 g/mol. The summed E-state index contributed by atoms with van der Waals surface area (Å²) in [5.41, 5.74) is 22.8. The summed E-state index contributed by atoms with van der Waals surface area (Å²) in [5.74, 6) is 1.27. The van der Waals surface area contributed by atoms with Gasteiger partial charge < -0.3 is 8.83 Å². The van der Waals surface area contributed by atoms with Gasteiger partial charge in [-0.2, -0.15) is 0 Å². The first-order valence-electron chi connectivity index (χ1n) is 35.8. The Balaban J connectivity index is 0.645. The predicted octanol–water partition coefficient (Wildman–Crippen LogP) is 26.1. The molecular formula is C98H56N6O2. The maximum absolute atomic E-state index is 6.40. The molecule has 0 spiro atoms. The third kappa shape index (κ3) is 9.69. The molecule has 6 aromatic heterocycles. The fraction of sp³-hybridized carbons (Fsp3) is 0. The minimum Gasteiger partial charge on any atom is -0.456 e. The van der Waals surface area contributed by atoms with Gasteiger partial charge in [-0.15, -0.1) is 0 Å². The summed E-state index contributed by atoms with van der Waals surface area (Å²) in [6.45, 7) is 0. The lowest BCUT2D eigenvalue weighted by molar-refractivity contribution is 0.668. The highest BCUT2D eigenvalue weighted by Crippen LogP contribution is 2.46. The standard InChI is InChI=1S/C98H56N6O2/c1-3-18-59(19-4-1)83-55-85(67-40-44-77-75-26-11-13-28-87(75)105-89(77)53-67)101-97(99-83)62-32-30-61(31-33-62)91-79-46-34-57-16-7-9-24-71(57)93(79)103-95-73-42-36-63(50-65(73)38-48-80(91)95)64-37-43-74-66(51-64)39-49-82-92(81-47-35-58-17-8-10-25-72(58)94(81)104-96(74)82)69-22-15-23-70(52-69)98-100-84(60-20-5-2-6-21-60)56-86(102-98)68-41-45-78-76-27-12-14-29-88(76)106-90(78)54-68/h1-56H. The lowest BCUT2D eigenvalue weighted by atomic mass is 9.90. The molecule has 6 heterocycles. The molecule has 0 fully saturated rings. The first kappa shape index (κ1) is 59.4. The van der Waals surface area contributed by atoms with Gasteiger partial charge in [0.2, 0.25) is 0 Å². The van der Waals surface area contributed by atoms with Crippen LogP contribution in [0.2, 0.25) is 0 Å². The SMILES string of the molecule is c1ccc(-c2cc(-c3ccc4c(c3)oc3ccccc34)nc(-c3ccc(-c4c5ccc6ccccc6c5nc5c4ccc4cc(-c6ccc7c(ccc8c(-c9cccc(-c%10nc(-c%11ccccc%11)cc(-c%11ccc%12c(c%11)oc%11ccccc%11%12)n%10)c9)c9ccc%10ccccc%10c9nc87)c6)ccc45)cc3)n2)cc1. The Morgan fingerprint density at radius 1 is 0.160 bits per heavy atom. The van der Waals surface area contributed by atoms with Gasteiger partial charge in [0.1, 0.15) is 22.3 Å². The van der Waals surface area contributed by atoms with Crippen LogP contribution in [0.15, 0.2) is 349 Å². The van der Waals surface area contributed by atoms with Crippen LogP contribution in [-0.4, -0.2) is 29.9 Å². The molecule has 490 valence electrons. The number of aromatic nitrogens is 6. The van der Waals surface area contributed by atoms with E-state index in [9.17, 15) is 0 Å². The number of pyridine rings is 2. The quantitative estimate of drug-likeness (QED) is 0.104. The number of benzene rings is 16. The molecule has 22 rings (SSSR count). The maximum Gasteiger partial charge on any atom is 0.160 e. The summed E-state index contributed by atoms with van der Waals surface area (Å²) in [7, 11) is 0. The van der Waals surface area contributed by atoms with Gasteiger partial charge in [-0.05, 0) is 111 Å². The minimum atomic E-state index is 0.629. The highest BCUT2D eigenvalue weighted by Gasteiger charge is 2.22. The van der Waals surface area contributed by atoms with Gasteiger partial charge in [-0.25, -0.2) is 29.9 Å². The largest absolute Gasteiger partial charge is 0.456 e. The Bertz CT molecular complexity index is 7450. The number of fused-ring (bicyclic) bond motifs is 18. The Labute approximate surface area is 606 Å².